The fourth-order valence-electron chi connectivity index (χ4n) is 3.06. The second kappa shape index (κ2) is 7.17. The average Bonchev–Trinajstić information content (AvgIpc) is 3.24. The zero-order valence-corrected chi connectivity index (χ0v) is 15.9. The number of benzene rings is 1. The van der Waals surface area contributed by atoms with E-state index in [4.69, 9.17) is 23.2 Å². The predicted molar refractivity (Wildman–Crippen MR) is 105 cm³/mol. The fourth-order valence-corrected chi connectivity index (χ4v) is 3.36. The highest BCUT2D eigenvalue weighted by atomic mass is 35.5. The number of nitrogens with one attached hydrogen (secondary N) is 1. The van der Waals surface area contributed by atoms with Crippen molar-refractivity contribution in [2.45, 2.75) is 19.4 Å². The summed E-state index contributed by atoms with van der Waals surface area (Å²) >= 11 is 12.0. The monoisotopic (exact) mass is 402 g/mol. The highest BCUT2D eigenvalue weighted by Gasteiger charge is 2.33. The predicted octanol–water partition coefficient (Wildman–Crippen LogP) is 3.49. The lowest BCUT2D eigenvalue weighted by atomic mass is 10.2. The summed E-state index contributed by atoms with van der Waals surface area (Å²) in [7, 11) is 0. The third kappa shape index (κ3) is 3.48. The minimum absolute atomic E-state index is 0.0422. The Balaban J connectivity index is 1.52. The Bertz CT molecular complexity index is 1010. The van der Waals surface area contributed by atoms with Gasteiger partial charge in [0.2, 0.25) is 5.91 Å². The maximum Gasteiger partial charge on any atom is 0.249 e. The summed E-state index contributed by atoms with van der Waals surface area (Å²) in [5.74, 6) is 1.94. The maximum absolute atomic E-state index is 12.8. The van der Waals surface area contributed by atoms with Crippen molar-refractivity contribution in [2.75, 3.05) is 16.8 Å². The molecule has 1 N–H and O–H groups in total. The number of hydrogen-bond acceptors (Lipinski definition) is 5. The number of amides is 1. The Labute approximate surface area is 166 Å². The molecule has 0 saturated carbocycles. The number of imidazole rings is 1. The SMILES string of the molecule is Cc1nccn1-c1cncc(NC2CCN(c3ccc(Cl)c(Cl)c3)C2=O)n1. The van der Waals surface area contributed by atoms with E-state index in [0.717, 1.165) is 11.5 Å². The molecule has 0 bridgehead atoms. The second-order valence-corrected chi connectivity index (χ2v) is 7.00. The zero-order valence-electron chi connectivity index (χ0n) is 14.4. The van der Waals surface area contributed by atoms with Gasteiger partial charge in [0, 0.05) is 24.6 Å². The molecule has 1 aliphatic heterocycles. The number of halogens is 2. The van der Waals surface area contributed by atoms with E-state index in [9.17, 15) is 4.79 Å². The first-order valence-corrected chi connectivity index (χ1v) is 9.14. The van der Waals surface area contributed by atoms with Crippen LogP contribution in [0.15, 0.2) is 43.0 Å². The van der Waals surface area contributed by atoms with E-state index < -0.39 is 0 Å². The van der Waals surface area contributed by atoms with Gasteiger partial charge in [-0.1, -0.05) is 23.2 Å². The Morgan fingerprint density at radius 3 is 2.81 bits per heavy atom. The number of aryl methyl sites for hydroxylation is 1. The van der Waals surface area contributed by atoms with Crippen LogP contribution in [0.4, 0.5) is 11.5 Å². The number of anilines is 2. The van der Waals surface area contributed by atoms with Crippen molar-refractivity contribution in [3.63, 3.8) is 0 Å². The Hall–Kier alpha value is -2.64. The molecule has 1 atom stereocenters. The van der Waals surface area contributed by atoms with Gasteiger partial charge in [0.15, 0.2) is 5.82 Å². The summed E-state index contributed by atoms with van der Waals surface area (Å²) < 4.78 is 1.83. The number of carbonyl (C=O) groups is 1. The van der Waals surface area contributed by atoms with Crippen molar-refractivity contribution in [1.82, 2.24) is 19.5 Å². The number of hydrogen-bond donors (Lipinski definition) is 1. The smallest absolute Gasteiger partial charge is 0.249 e. The lowest BCUT2D eigenvalue weighted by Gasteiger charge is -2.18. The molecule has 138 valence electrons. The minimum Gasteiger partial charge on any atom is -0.357 e. The molecular formula is C18H16Cl2N6O. The van der Waals surface area contributed by atoms with E-state index in [0.29, 0.717) is 34.6 Å². The average molecular weight is 403 g/mol. The first-order chi connectivity index (χ1) is 13.0. The molecule has 0 aliphatic carbocycles. The van der Waals surface area contributed by atoms with Crippen LogP contribution in [-0.4, -0.2) is 38.0 Å². The Kier molecular flexibility index (Phi) is 4.72. The quantitative estimate of drug-likeness (QED) is 0.722. The van der Waals surface area contributed by atoms with Crippen LogP contribution >= 0.6 is 23.2 Å². The van der Waals surface area contributed by atoms with Crippen molar-refractivity contribution in [3.8, 4) is 5.82 Å². The van der Waals surface area contributed by atoms with Crippen LogP contribution in [-0.2, 0) is 4.79 Å². The van der Waals surface area contributed by atoms with Crippen molar-refractivity contribution in [3.05, 3.63) is 58.9 Å². The largest absolute Gasteiger partial charge is 0.357 e. The van der Waals surface area contributed by atoms with Crippen molar-refractivity contribution < 1.29 is 4.79 Å². The van der Waals surface area contributed by atoms with Gasteiger partial charge in [0.25, 0.3) is 0 Å². The summed E-state index contributed by atoms with van der Waals surface area (Å²) in [5.41, 5.74) is 0.729. The van der Waals surface area contributed by atoms with Gasteiger partial charge in [-0.05, 0) is 31.5 Å². The van der Waals surface area contributed by atoms with E-state index >= 15 is 0 Å². The Morgan fingerprint density at radius 1 is 1.22 bits per heavy atom. The van der Waals surface area contributed by atoms with Crippen LogP contribution in [0, 0.1) is 6.92 Å². The summed E-state index contributed by atoms with van der Waals surface area (Å²) in [6.07, 6.45) is 7.42. The van der Waals surface area contributed by atoms with Crippen LogP contribution in [0.3, 0.4) is 0 Å². The molecule has 0 radical (unpaired) electrons. The number of aromatic nitrogens is 4. The van der Waals surface area contributed by atoms with Crippen molar-refractivity contribution in [2.24, 2.45) is 0 Å². The van der Waals surface area contributed by atoms with Crippen LogP contribution in [0.1, 0.15) is 12.2 Å². The molecule has 3 aromatic rings. The molecule has 27 heavy (non-hydrogen) atoms. The fraction of sp³-hybridized carbons (Fsp3) is 0.222. The summed E-state index contributed by atoms with van der Waals surface area (Å²) in [5, 5.41) is 4.07. The van der Waals surface area contributed by atoms with Gasteiger partial charge in [-0.2, -0.15) is 0 Å². The number of rotatable bonds is 4. The van der Waals surface area contributed by atoms with Crippen molar-refractivity contribution in [1.29, 1.82) is 0 Å². The van der Waals surface area contributed by atoms with E-state index in [1.54, 1.807) is 41.7 Å². The highest BCUT2D eigenvalue weighted by molar-refractivity contribution is 6.42. The molecule has 0 spiro atoms. The molecule has 1 fully saturated rings. The third-order valence-electron chi connectivity index (χ3n) is 4.44. The van der Waals surface area contributed by atoms with Crippen LogP contribution in [0.5, 0.6) is 0 Å². The Morgan fingerprint density at radius 2 is 2.07 bits per heavy atom. The molecule has 3 heterocycles. The van der Waals surface area contributed by atoms with E-state index in [1.165, 1.54) is 0 Å². The van der Waals surface area contributed by atoms with E-state index in [-0.39, 0.29) is 11.9 Å². The molecule has 4 rings (SSSR count). The van der Waals surface area contributed by atoms with Gasteiger partial charge >= 0.3 is 0 Å². The van der Waals surface area contributed by atoms with Gasteiger partial charge in [0.05, 0.1) is 22.4 Å². The zero-order chi connectivity index (χ0) is 19.0. The summed E-state index contributed by atoms with van der Waals surface area (Å²) in [6, 6.07) is 4.80. The van der Waals surface area contributed by atoms with Gasteiger partial charge in [-0.15, -0.1) is 0 Å². The summed E-state index contributed by atoms with van der Waals surface area (Å²) in [6.45, 7) is 2.47. The van der Waals surface area contributed by atoms with E-state index in [2.05, 4.69) is 20.3 Å². The lowest BCUT2D eigenvalue weighted by molar-refractivity contribution is -0.117. The van der Waals surface area contributed by atoms with Gasteiger partial charge in [0.1, 0.15) is 17.7 Å². The molecule has 1 amide bonds. The van der Waals surface area contributed by atoms with Gasteiger partial charge in [-0.3, -0.25) is 14.3 Å². The van der Waals surface area contributed by atoms with E-state index in [1.807, 2.05) is 17.7 Å². The molecule has 2 aromatic heterocycles. The third-order valence-corrected chi connectivity index (χ3v) is 5.18. The second-order valence-electron chi connectivity index (χ2n) is 6.18. The normalized spacial score (nSPS) is 16.8. The lowest BCUT2D eigenvalue weighted by Crippen LogP contribution is -2.33. The standard InChI is InChI=1S/C18H16Cl2N6O/c1-11-22-5-7-25(11)17-10-21-9-16(24-17)23-15-4-6-26(18(15)27)12-2-3-13(19)14(20)8-12/h2-3,5,7-10,15H,4,6H2,1H3,(H,23,24). The molecule has 1 aromatic carbocycles. The molecule has 9 heteroatoms. The summed E-state index contributed by atoms with van der Waals surface area (Å²) in [4.78, 5) is 27.4. The molecule has 1 saturated heterocycles. The van der Waals surface area contributed by atoms with Crippen LogP contribution < -0.4 is 10.2 Å². The van der Waals surface area contributed by atoms with Crippen molar-refractivity contribution >= 4 is 40.6 Å². The highest BCUT2D eigenvalue weighted by Crippen LogP contribution is 2.30. The molecule has 1 unspecified atom stereocenters. The number of nitrogens with zero attached hydrogens (tertiary/aromatic N) is 5. The van der Waals surface area contributed by atoms with Crippen LogP contribution in [0.25, 0.3) is 5.82 Å². The molecule has 1 aliphatic rings. The van der Waals surface area contributed by atoms with Gasteiger partial charge < -0.3 is 10.2 Å². The molecular weight excluding hydrogens is 387 g/mol. The number of carbonyl (C=O) groups excluding carboxylic acids is 1. The maximum atomic E-state index is 12.8. The minimum atomic E-state index is -0.382. The first-order valence-electron chi connectivity index (χ1n) is 8.38. The van der Waals surface area contributed by atoms with Crippen LogP contribution in [0.2, 0.25) is 10.0 Å². The van der Waals surface area contributed by atoms with Gasteiger partial charge in [-0.25, -0.2) is 9.97 Å². The first kappa shape index (κ1) is 17.8. The molecule has 7 nitrogen and oxygen atoms in total. The topological polar surface area (TPSA) is 75.9 Å².